The van der Waals surface area contributed by atoms with Crippen molar-refractivity contribution in [1.82, 2.24) is 4.98 Å². The fourth-order valence-electron chi connectivity index (χ4n) is 2.15. The molecule has 6 nitrogen and oxygen atoms in total. The second kappa shape index (κ2) is 7.51. The largest absolute Gasteiger partial charge is 0.455 e. The first-order valence-corrected chi connectivity index (χ1v) is 9.86. The Morgan fingerprint density at radius 1 is 1.15 bits per heavy atom. The number of ether oxygens (including phenoxy) is 1. The summed E-state index contributed by atoms with van der Waals surface area (Å²) in [5, 5.41) is 7.22. The van der Waals surface area contributed by atoms with E-state index in [-0.39, 0.29) is 12.4 Å². The molecule has 0 fully saturated rings. The van der Waals surface area contributed by atoms with Gasteiger partial charge in [-0.05, 0) is 42.5 Å². The second-order valence-corrected chi connectivity index (χ2v) is 7.83. The molecule has 0 amide bonds. The first-order chi connectivity index (χ1) is 12.7. The summed E-state index contributed by atoms with van der Waals surface area (Å²) < 4.78 is 54.4. The number of hydrogen-bond acceptors (Lipinski definition) is 6. The fourth-order valence-corrected chi connectivity index (χ4v) is 3.50. The van der Waals surface area contributed by atoms with Crippen LogP contribution in [0.5, 0.6) is 0 Å². The quantitative estimate of drug-likeness (QED) is 0.652. The molecule has 27 heavy (non-hydrogen) atoms. The highest BCUT2D eigenvalue weighted by atomic mass is 32.2. The third kappa shape index (κ3) is 4.54. The lowest BCUT2D eigenvalue weighted by Gasteiger charge is -2.06. The number of hydrogen-bond donors (Lipinski definition) is 1. The van der Waals surface area contributed by atoms with Gasteiger partial charge in [-0.1, -0.05) is 0 Å². The van der Waals surface area contributed by atoms with Crippen LogP contribution in [-0.2, 0) is 21.4 Å². The first kappa shape index (κ1) is 19.1. The van der Waals surface area contributed by atoms with Gasteiger partial charge in [0.05, 0.1) is 16.2 Å². The Kier molecular flexibility index (Phi) is 5.31. The summed E-state index contributed by atoms with van der Waals surface area (Å²) in [6.07, 6.45) is 0. The number of benzene rings is 2. The lowest BCUT2D eigenvalue weighted by atomic mass is 10.2. The predicted octanol–water partition coefficient (Wildman–Crippen LogP) is 3.09. The molecule has 0 saturated heterocycles. The van der Waals surface area contributed by atoms with Gasteiger partial charge in [-0.2, -0.15) is 0 Å². The molecule has 0 radical (unpaired) electrons. The van der Waals surface area contributed by atoms with Crippen LogP contribution in [0.2, 0.25) is 0 Å². The van der Waals surface area contributed by atoms with Crippen LogP contribution in [0.1, 0.15) is 16.1 Å². The van der Waals surface area contributed by atoms with Crippen LogP contribution >= 0.6 is 11.3 Å². The molecule has 2 aromatic carbocycles. The van der Waals surface area contributed by atoms with Crippen molar-refractivity contribution in [2.45, 2.75) is 11.5 Å². The summed E-state index contributed by atoms with van der Waals surface area (Å²) in [7, 11) is -4.08. The van der Waals surface area contributed by atoms with Crippen molar-refractivity contribution < 1.29 is 26.7 Å². The van der Waals surface area contributed by atoms with Crippen molar-refractivity contribution >= 4 is 27.3 Å². The van der Waals surface area contributed by atoms with Crippen molar-refractivity contribution in [3.63, 3.8) is 0 Å². The van der Waals surface area contributed by atoms with Gasteiger partial charge in [0, 0.05) is 10.9 Å². The molecule has 3 rings (SSSR count). The van der Waals surface area contributed by atoms with Crippen LogP contribution in [0.15, 0.2) is 52.7 Å². The van der Waals surface area contributed by atoms with Crippen molar-refractivity contribution in [1.29, 1.82) is 0 Å². The molecule has 10 heteroatoms. The number of primary sulfonamides is 1. The number of sulfonamides is 1. The van der Waals surface area contributed by atoms with Crippen LogP contribution in [0.25, 0.3) is 10.6 Å². The number of halogens is 2. The molecule has 0 spiro atoms. The molecule has 1 aromatic heterocycles. The van der Waals surface area contributed by atoms with Crippen molar-refractivity contribution in [2.24, 2.45) is 5.14 Å². The SMILES string of the molecule is NS(=O)(=O)c1ccc(F)c(C(=O)OCc2csc(-c3ccc(F)cc3)n2)c1. The van der Waals surface area contributed by atoms with Gasteiger partial charge in [-0.15, -0.1) is 11.3 Å². The monoisotopic (exact) mass is 410 g/mol. The van der Waals surface area contributed by atoms with Crippen molar-refractivity contribution in [3.05, 3.63) is 70.7 Å². The number of aromatic nitrogens is 1. The number of carbonyl (C=O) groups is 1. The average Bonchev–Trinajstić information content (AvgIpc) is 3.08. The molecule has 0 bridgehead atoms. The summed E-state index contributed by atoms with van der Waals surface area (Å²) in [6, 6.07) is 8.34. The molecule has 3 aromatic rings. The summed E-state index contributed by atoms with van der Waals surface area (Å²) in [5.74, 6) is -2.35. The zero-order valence-corrected chi connectivity index (χ0v) is 15.2. The zero-order valence-electron chi connectivity index (χ0n) is 13.6. The highest BCUT2D eigenvalue weighted by Crippen LogP contribution is 2.24. The van der Waals surface area contributed by atoms with Crippen LogP contribution < -0.4 is 5.14 Å². The molecule has 0 saturated carbocycles. The number of nitrogens with zero attached hydrogens (tertiary/aromatic N) is 1. The topological polar surface area (TPSA) is 99.4 Å². The predicted molar refractivity (Wildman–Crippen MR) is 94.4 cm³/mol. The molecule has 0 unspecified atom stereocenters. The standard InChI is InChI=1S/C17H12F2N2O4S2/c18-11-3-1-10(2-4-11)16-21-12(9-26-16)8-25-17(22)14-7-13(27(20,23)24)5-6-15(14)19/h1-7,9H,8H2,(H2,20,23,24). The van der Waals surface area contributed by atoms with Gasteiger partial charge in [-0.25, -0.2) is 32.1 Å². The molecule has 0 atom stereocenters. The molecule has 0 aliphatic heterocycles. The van der Waals surface area contributed by atoms with Crippen LogP contribution in [-0.4, -0.2) is 19.4 Å². The fraction of sp³-hybridized carbons (Fsp3) is 0.0588. The molecular formula is C17H12F2N2O4S2. The first-order valence-electron chi connectivity index (χ1n) is 7.44. The number of esters is 1. The Morgan fingerprint density at radius 3 is 2.52 bits per heavy atom. The zero-order chi connectivity index (χ0) is 19.6. The Morgan fingerprint density at radius 2 is 1.85 bits per heavy atom. The molecular weight excluding hydrogens is 398 g/mol. The van der Waals surface area contributed by atoms with E-state index in [9.17, 15) is 22.0 Å². The third-order valence-electron chi connectivity index (χ3n) is 3.48. The van der Waals surface area contributed by atoms with Gasteiger partial charge in [0.25, 0.3) is 0 Å². The van der Waals surface area contributed by atoms with Crippen LogP contribution in [0, 0.1) is 11.6 Å². The Balaban J connectivity index is 1.72. The van der Waals surface area contributed by atoms with E-state index in [2.05, 4.69) is 4.98 Å². The summed E-state index contributed by atoms with van der Waals surface area (Å²) >= 11 is 1.27. The third-order valence-corrected chi connectivity index (χ3v) is 5.33. The number of nitrogens with two attached hydrogens (primary N) is 1. The van der Waals surface area contributed by atoms with Gasteiger partial charge in [0.1, 0.15) is 23.2 Å². The highest BCUT2D eigenvalue weighted by Gasteiger charge is 2.18. The maximum atomic E-state index is 13.8. The molecule has 140 valence electrons. The number of carbonyl (C=O) groups excluding carboxylic acids is 1. The Labute approximate surface area is 157 Å². The van der Waals surface area contributed by atoms with Gasteiger partial charge >= 0.3 is 5.97 Å². The number of rotatable bonds is 5. The van der Waals surface area contributed by atoms with Gasteiger partial charge in [0.15, 0.2) is 0 Å². The van der Waals surface area contributed by atoms with E-state index in [4.69, 9.17) is 9.88 Å². The van der Waals surface area contributed by atoms with Gasteiger partial charge in [0.2, 0.25) is 10.0 Å². The summed E-state index contributed by atoms with van der Waals surface area (Å²) in [6.45, 7) is -0.241. The Bertz CT molecular complexity index is 1100. The van der Waals surface area contributed by atoms with Crippen molar-refractivity contribution in [3.8, 4) is 10.6 Å². The Hall–Kier alpha value is -2.69. The minimum Gasteiger partial charge on any atom is -0.455 e. The van der Waals surface area contributed by atoms with Gasteiger partial charge in [-0.3, -0.25) is 0 Å². The molecule has 0 aliphatic carbocycles. The highest BCUT2D eigenvalue weighted by molar-refractivity contribution is 7.89. The van der Waals surface area contributed by atoms with Gasteiger partial charge < -0.3 is 4.74 Å². The molecule has 0 aliphatic rings. The normalized spacial score (nSPS) is 11.4. The minimum atomic E-state index is -4.08. The van der Waals surface area contributed by atoms with E-state index in [1.165, 1.54) is 23.5 Å². The minimum absolute atomic E-state index is 0.241. The van der Waals surface area contributed by atoms with E-state index in [0.29, 0.717) is 16.3 Å². The molecule has 1 heterocycles. The number of thiazole rings is 1. The van der Waals surface area contributed by atoms with Crippen LogP contribution in [0.4, 0.5) is 8.78 Å². The maximum absolute atomic E-state index is 13.8. The lowest BCUT2D eigenvalue weighted by Crippen LogP contribution is -2.14. The molecule has 2 N–H and O–H groups in total. The van der Waals surface area contributed by atoms with E-state index in [0.717, 1.165) is 18.2 Å². The lowest BCUT2D eigenvalue weighted by molar-refractivity contribution is 0.0463. The van der Waals surface area contributed by atoms with Crippen molar-refractivity contribution in [2.75, 3.05) is 0 Å². The van der Waals surface area contributed by atoms with E-state index >= 15 is 0 Å². The summed E-state index contributed by atoms with van der Waals surface area (Å²) in [5.41, 5.74) is 0.567. The summed E-state index contributed by atoms with van der Waals surface area (Å²) in [4.78, 5) is 15.9. The van der Waals surface area contributed by atoms with E-state index in [1.807, 2.05) is 0 Å². The van der Waals surface area contributed by atoms with E-state index < -0.39 is 32.3 Å². The average molecular weight is 410 g/mol. The maximum Gasteiger partial charge on any atom is 0.341 e. The van der Waals surface area contributed by atoms with E-state index in [1.54, 1.807) is 17.5 Å². The van der Waals surface area contributed by atoms with Crippen LogP contribution in [0.3, 0.4) is 0 Å². The second-order valence-electron chi connectivity index (χ2n) is 5.41. The smallest absolute Gasteiger partial charge is 0.341 e.